The molecule has 1 N–H and O–H groups in total. The van der Waals surface area contributed by atoms with Gasteiger partial charge >= 0.3 is 0 Å². The molecule has 5 nitrogen and oxygen atoms in total. The maximum Gasteiger partial charge on any atom is 0.187 e. The van der Waals surface area contributed by atoms with Crippen molar-refractivity contribution in [1.29, 1.82) is 5.26 Å². The predicted molar refractivity (Wildman–Crippen MR) is 131 cm³/mol. The third-order valence-corrected chi connectivity index (χ3v) is 6.38. The second-order valence-electron chi connectivity index (χ2n) is 8.79. The average Bonchev–Trinajstić information content (AvgIpc) is 3.39. The van der Waals surface area contributed by atoms with Crippen molar-refractivity contribution in [2.75, 3.05) is 6.61 Å². The lowest BCUT2D eigenvalue weighted by atomic mass is 9.88. The predicted octanol–water partition coefficient (Wildman–Crippen LogP) is 5.35. The summed E-state index contributed by atoms with van der Waals surface area (Å²) < 4.78 is 5.73. The SMILES string of the molecule is CCCCC1=C(Cc2ccc(-c3ccccc3C#N)cc2)C(C(=O)C2CCCO2)NC(C)=N1. The van der Waals surface area contributed by atoms with Crippen LogP contribution in [0.15, 0.2) is 64.8 Å². The lowest BCUT2D eigenvalue weighted by Gasteiger charge is -2.29. The Labute approximate surface area is 196 Å². The van der Waals surface area contributed by atoms with E-state index in [-0.39, 0.29) is 11.9 Å². The summed E-state index contributed by atoms with van der Waals surface area (Å²) in [5.74, 6) is 0.912. The Morgan fingerprint density at radius 1 is 1.21 bits per heavy atom. The largest absolute Gasteiger partial charge is 0.370 e. The molecule has 170 valence electrons. The van der Waals surface area contributed by atoms with E-state index in [1.165, 1.54) is 0 Å². The lowest BCUT2D eigenvalue weighted by Crippen LogP contribution is -2.48. The number of hydrogen-bond donors (Lipinski definition) is 1. The van der Waals surface area contributed by atoms with Crippen LogP contribution in [0.3, 0.4) is 0 Å². The normalized spacial score (nSPS) is 20.2. The van der Waals surface area contributed by atoms with E-state index in [1.54, 1.807) is 0 Å². The van der Waals surface area contributed by atoms with Crippen molar-refractivity contribution in [2.45, 2.75) is 64.5 Å². The molecule has 5 heteroatoms. The number of ether oxygens (including phenoxy) is 1. The van der Waals surface area contributed by atoms with E-state index in [4.69, 9.17) is 9.73 Å². The molecule has 0 aliphatic carbocycles. The monoisotopic (exact) mass is 441 g/mol. The highest BCUT2D eigenvalue weighted by atomic mass is 16.5. The van der Waals surface area contributed by atoms with Gasteiger partial charge in [-0.1, -0.05) is 55.8 Å². The summed E-state index contributed by atoms with van der Waals surface area (Å²) in [6.07, 6.45) is 5.04. The number of benzene rings is 2. The summed E-state index contributed by atoms with van der Waals surface area (Å²) in [5.41, 5.74) is 5.82. The number of rotatable bonds is 8. The minimum Gasteiger partial charge on any atom is -0.370 e. The van der Waals surface area contributed by atoms with Gasteiger partial charge in [0.1, 0.15) is 12.1 Å². The standard InChI is InChI=1S/C28H31N3O2/c1-3-4-10-25-24(27(31-19(2)30-25)28(32)26-11-7-16-33-26)17-20-12-14-21(15-13-20)23-9-6-5-8-22(23)18-29/h5-6,8-9,12-15,26-27H,3-4,7,10-11,16-17H2,1-2H3,(H,30,31). The Bertz CT molecular complexity index is 1100. The molecule has 0 amide bonds. The van der Waals surface area contributed by atoms with Crippen molar-refractivity contribution in [1.82, 2.24) is 5.32 Å². The van der Waals surface area contributed by atoms with E-state index in [0.29, 0.717) is 18.6 Å². The van der Waals surface area contributed by atoms with Crippen molar-refractivity contribution in [3.8, 4) is 17.2 Å². The minimum absolute atomic E-state index is 0.116. The molecule has 2 aliphatic heterocycles. The number of carbonyl (C=O) groups is 1. The third-order valence-electron chi connectivity index (χ3n) is 6.38. The number of carbonyl (C=O) groups excluding carboxylic acids is 1. The highest BCUT2D eigenvalue weighted by molar-refractivity contribution is 5.97. The molecule has 4 rings (SSSR count). The van der Waals surface area contributed by atoms with Gasteiger partial charge in [-0.05, 0) is 67.4 Å². The highest BCUT2D eigenvalue weighted by Gasteiger charge is 2.35. The van der Waals surface area contributed by atoms with Gasteiger partial charge in [0, 0.05) is 12.3 Å². The average molecular weight is 442 g/mol. The van der Waals surface area contributed by atoms with Gasteiger partial charge in [0.25, 0.3) is 0 Å². The Morgan fingerprint density at radius 2 is 2.00 bits per heavy atom. The number of allylic oxidation sites excluding steroid dienone is 1. The molecule has 0 bridgehead atoms. The number of nitriles is 1. The summed E-state index contributed by atoms with van der Waals surface area (Å²) in [4.78, 5) is 18.2. The number of aliphatic imine (C=N–C) groups is 1. The van der Waals surface area contributed by atoms with E-state index in [1.807, 2.05) is 31.2 Å². The Morgan fingerprint density at radius 3 is 2.70 bits per heavy atom. The Balaban J connectivity index is 1.64. The summed E-state index contributed by atoms with van der Waals surface area (Å²) >= 11 is 0. The molecule has 0 saturated carbocycles. The minimum atomic E-state index is -0.392. The smallest absolute Gasteiger partial charge is 0.187 e. The van der Waals surface area contributed by atoms with Gasteiger partial charge in [-0.2, -0.15) is 5.26 Å². The van der Waals surface area contributed by atoms with Crippen molar-refractivity contribution in [2.24, 2.45) is 4.99 Å². The summed E-state index contributed by atoms with van der Waals surface area (Å²) in [6, 6.07) is 17.8. The molecule has 2 unspecified atom stereocenters. The fourth-order valence-corrected chi connectivity index (χ4v) is 4.62. The van der Waals surface area contributed by atoms with Gasteiger partial charge in [0.15, 0.2) is 5.78 Å². The third kappa shape index (κ3) is 5.23. The topological polar surface area (TPSA) is 74.5 Å². The number of amidine groups is 1. The molecule has 2 aromatic carbocycles. The van der Waals surface area contributed by atoms with Crippen LogP contribution in [0.5, 0.6) is 0 Å². The van der Waals surface area contributed by atoms with Gasteiger partial charge in [-0.3, -0.25) is 4.79 Å². The molecule has 2 aliphatic rings. The molecular weight excluding hydrogens is 410 g/mol. The molecule has 2 heterocycles. The van der Waals surface area contributed by atoms with Crippen LogP contribution in [0.25, 0.3) is 11.1 Å². The van der Waals surface area contributed by atoms with Gasteiger partial charge in [0.05, 0.1) is 17.5 Å². The van der Waals surface area contributed by atoms with E-state index >= 15 is 0 Å². The Kier molecular flexibility index (Phi) is 7.36. The summed E-state index contributed by atoms with van der Waals surface area (Å²) in [7, 11) is 0. The van der Waals surface area contributed by atoms with Gasteiger partial charge in [-0.15, -0.1) is 0 Å². The number of nitrogens with zero attached hydrogens (tertiary/aromatic N) is 2. The second-order valence-corrected chi connectivity index (χ2v) is 8.79. The zero-order valence-corrected chi connectivity index (χ0v) is 19.4. The highest BCUT2D eigenvalue weighted by Crippen LogP contribution is 2.29. The van der Waals surface area contributed by atoms with Gasteiger partial charge < -0.3 is 10.1 Å². The van der Waals surface area contributed by atoms with Gasteiger partial charge in [0.2, 0.25) is 0 Å². The number of hydrogen-bond acceptors (Lipinski definition) is 5. The summed E-state index contributed by atoms with van der Waals surface area (Å²) in [5, 5.41) is 12.8. The van der Waals surface area contributed by atoms with Gasteiger partial charge in [-0.25, -0.2) is 4.99 Å². The van der Waals surface area contributed by atoms with Crippen LogP contribution in [0, 0.1) is 11.3 Å². The van der Waals surface area contributed by atoms with Crippen LogP contribution in [0.4, 0.5) is 0 Å². The zero-order valence-electron chi connectivity index (χ0n) is 19.4. The van der Waals surface area contributed by atoms with Crippen LogP contribution in [-0.4, -0.2) is 30.4 Å². The van der Waals surface area contributed by atoms with E-state index < -0.39 is 6.04 Å². The number of unbranched alkanes of at least 4 members (excludes halogenated alkanes) is 1. The first kappa shape index (κ1) is 22.9. The van der Waals surface area contributed by atoms with Crippen LogP contribution < -0.4 is 5.32 Å². The molecule has 1 fully saturated rings. The molecule has 0 aromatic heterocycles. The maximum atomic E-state index is 13.4. The Hall–Kier alpha value is -3.23. The molecular formula is C28H31N3O2. The first-order valence-corrected chi connectivity index (χ1v) is 11.9. The van der Waals surface area contributed by atoms with Crippen molar-refractivity contribution < 1.29 is 9.53 Å². The second kappa shape index (κ2) is 10.6. The van der Waals surface area contributed by atoms with Crippen LogP contribution >= 0.6 is 0 Å². The lowest BCUT2D eigenvalue weighted by molar-refractivity contribution is -0.128. The number of nitrogens with one attached hydrogen (secondary N) is 1. The molecule has 2 atom stereocenters. The molecule has 0 spiro atoms. The number of Topliss-reactive ketones (excluding diaryl/α,β-unsaturated/α-hetero) is 1. The number of ketones is 1. The quantitative estimate of drug-likeness (QED) is 0.599. The molecule has 2 aromatic rings. The van der Waals surface area contributed by atoms with Crippen LogP contribution in [-0.2, 0) is 16.0 Å². The van der Waals surface area contributed by atoms with E-state index in [0.717, 1.165) is 65.9 Å². The van der Waals surface area contributed by atoms with Crippen molar-refractivity contribution in [3.63, 3.8) is 0 Å². The van der Waals surface area contributed by atoms with Crippen LogP contribution in [0.1, 0.15) is 57.1 Å². The van der Waals surface area contributed by atoms with Crippen molar-refractivity contribution in [3.05, 3.63) is 70.9 Å². The first-order valence-electron chi connectivity index (χ1n) is 11.9. The maximum absolute atomic E-state index is 13.4. The fraction of sp³-hybridized carbons (Fsp3) is 0.393. The zero-order chi connectivity index (χ0) is 23.2. The molecule has 0 radical (unpaired) electrons. The van der Waals surface area contributed by atoms with E-state index in [9.17, 15) is 10.1 Å². The summed E-state index contributed by atoms with van der Waals surface area (Å²) in [6.45, 7) is 4.76. The first-order chi connectivity index (χ1) is 16.1. The molecule has 1 saturated heterocycles. The van der Waals surface area contributed by atoms with Crippen LogP contribution in [0.2, 0.25) is 0 Å². The van der Waals surface area contributed by atoms with Crippen molar-refractivity contribution >= 4 is 11.6 Å². The van der Waals surface area contributed by atoms with E-state index in [2.05, 4.69) is 42.6 Å². The molecule has 33 heavy (non-hydrogen) atoms. The fourth-order valence-electron chi connectivity index (χ4n) is 4.62.